The fraction of sp³-hybridized carbons (Fsp3) is 0.368. The number of aliphatic hydroxyl groups is 1. The number of fused-ring (bicyclic) bond motifs is 1. The molecular formula is C19H18BrF3N4O. The third-order valence-corrected chi connectivity index (χ3v) is 5.65. The van der Waals surface area contributed by atoms with E-state index in [-0.39, 0.29) is 16.9 Å². The lowest BCUT2D eigenvalue weighted by Gasteiger charge is -2.30. The molecule has 2 aromatic heterocycles. The number of aliphatic hydroxyl groups excluding tert-OH is 1. The minimum absolute atomic E-state index is 0.101. The number of benzene rings is 1. The molecular weight excluding hydrogens is 437 g/mol. The molecule has 0 saturated heterocycles. The van der Waals surface area contributed by atoms with Gasteiger partial charge >= 0.3 is 6.18 Å². The summed E-state index contributed by atoms with van der Waals surface area (Å²) in [6, 6.07) is 12.2. The molecule has 0 unspecified atom stereocenters. The molecule has 4 rings (SSSR count). The Hall–Kier alpha value is -2.13. The van der Waals surface area contributed by atoms with Gasteiger partial charge in [-0.05, 0) is 40.8 Å². The Labute approximate surface area is 167 Å². The molecule has 3 aromatic rings. The zero-order chi connectivity index (χ0) is 19.9. The summed E-state index contributed by atoms with van der Waals surface area (Å²) in [5.41, 5.74) is -0.180. The van der Waals surface area contributed by atoms with Gasteiger partial charge in [-0.2, -0.15) is 22.8 Å². The van der Waals surface area contributed by atoms with Gasteiger partial charge in [-0.25, -0.2) is 4.98 Å². The first-order chi connectivity index (χ1) is 13.3. The Morgan fingerprint density at radius 3 is 2.64 bits per heavy atom. The van der Waals surface area contributed by atoms with Crippen LogP contribution in [0.4, 0.5) is 19.0 Å². The smallest absolute Gasteiger partial charge is 0.393 e. The van der Waals surface area contributed by atoms with Crippen molar-refractivity contribution in [3.63, 3.8) is 0 Å². The van der Waals surface area contributed by atoms with Crippen LogP contribution in [0.15, 0.2) is 47.1 Å². The Kier molecular flexibility index (Phi) is 4.83. The van der Waals surface area contributed by atoms with E-state index in [1.54, 1.807) is 0 Å². The third kappa shape index (κ3) is 3.60. The summed E-state index contributed by atoms with van der Waals surface area (Å²) < 4.78 is 41.6. The standard InChI is InChI=1S/C19H18BrF3N4O/c20-15-9-17-25-14(19(21,22)23)8-16(27(17)26-15)24-11-18(7-6-13(28)10-18)12-4-2-1-3-5-12/h1-5,8-9,13,24,28H,6-7,10-11H2/t13-,18-/m0/s1. The van der Waals surface area contributed by atoms with Crippen molar-refractivity contribution in [1.82, 2.24) is 14.6 Å². The van der Waals surface area contributed by atoms with Crippen LogP contribution < -0.4 is 5.32 Å². The highest BCUT2D eigenvalue weighted by Gasteiger charge is 2.40. The van der Waals surface area contributed by atoms with Crippen molar-refractivity contribution in [1.29, 1.82) is 0 Å². The molecule has 0 bridgehead atoms. The molecule has 1 fully saturated rings. The van der Waals surface area contributed by atoms with Crippen molar-refractivity contribution >= 4 is 27.4 Å². The van der Waals surface area contributed by atoms with Gasteiger partial charge in [-0.1, -0.05) is 30.3 Å². The highest BCUT2D eigenvalue weighted by Crippen LogP contribution is 2.41. The number of rotatable bonds is 4. The van der Waals surface area contributed by atoms with Crippen LogP contribution in [0.5, 0.6) is 0 Å². The molecule has 0 radical (unpaired) electrons. The molecule has 1 saturated carbocycles. The first-order valence-corrected chi connectivity index (χ1v) is 9.67. The summed E-state index contributed by atoms with van der Waals surface area (Å²) in [7, 11) is 0. The van der Waals surface area contributed by atoms with Crippen LogP contribution in [0.1, 0.15) is 30.5 Å². The second kappa shape index (κ2) is 7.04. The van der Waals surface area contributed by atoms with Gasteiger partial charge in [0.15, 0.2) is 11.3 Å². The number of nitrogens with one attached hydrogen (secondary N) is 1. The molecule has 148 valence electrons. The number of halogens is 4. The van der Waals surface area contributed by atoms with E-state index in [4.69, 9.17) is 0 Å². The number of nitrogens with zero attached hydrogens (tertiary/aromatic N) is 3. The average molecular weight is 455 g/mol. The Balaban J connectivity index is 1.71. The number of anilines is 1. The third-order valence-electron chi connectivity index (χ3n) is 5.26. The quantitative estimate of drug-likeness (QED) is 0.612. The van der Waals surface area contributed by atoms with Gasteiger partial charge in [0.05, 0.1) is 6.10 Å². The summed E-state index contributed by atoms with van der Waals surface area (Å²) in [5, 5.41) is 17.5. The molecule has 0 spiro atoms. The molecule has 28 heavy (non-hydrogen) atoms. The first-order valence-electron chi connectivity index (χ1n) is 8.88. The molecule has 5 nitrogen and oxygen atoms in total. The Morgan fingerprint density at radius 1 is 1.25 bits per heavy atom. The van der Waals surface area contributed by atoms with Crippen LogP contribution in [-0.4, -0.2) is 32.4 Å². The van der Waals surface area contributed by atoms with E-state index in [9.17, 15) is 18.3 Å². The second-order valence-corrected chi connectivity index (χ2v) is 7.97. The first kappa shape index (κ1) is 19.2. The van der Waals surface area contributed by atoms with Crippen LogP contribution in [0.25, 0.3) is 5.65 Å². The predicted octanol–water partition coefficient (Wildman–Crippen LogP) is 4.41. The van der Waals surface area contributed by atoms with Gasteiger partial charge in [0, 0.05) is 24.1 Å². The minimum Gasteiger partial charge on any atom is -0.393 e. The van der Waals surface area contributed by atoms with E-state index in [1.165, 1.54) is 10.6 Å². The summed E-state index contributed by atoms with van der Waals surface area (Å²) in [6.07, 6.45) is -3.04. The van der Waals surface area contributed by atoms with Crippen LogP contribution in [0, 0.1) is 0 Å². The van der Waals surface area contributed by atoms with Gasteiger partial charge in [0.2, 0.25) is 0 Å². The average Bonchev–Trinajstić information content (AvgIpc) is 3.22. The van der Waals surface area contributed by atoms with E-state index in [0.717, 1.165) is 18.1 Å². The largest absolute Gasteiger partial charge is 0.433 e. The minimum atomic E-state index is -4.56. The molecule has 2 atom stereocenters. The predicted molar refractivity (Wildman–Crippen MR) is 102 cm³/mol. The van der Waals surface area contributed by atoms with E-state index >= 15 is 0 Å². The van der Waals surface area contributed by atoms with Gasteiger partial charge in [-0.15, -0.1) is 0 Å². The zero-order valence-corrected chi connectivity index (χ0v) is 16.3. The molecule has 1 aromatic carbocycles. The van der Waals surface area contributed by atoms with Gasteiger partial charge in [0.1, 0.15) is 10.4 Å². The Bertz CT molecular complexity index is 992. The fourth-order valence-corrected chi connectivity index (χ4v) is 4.26. The number of hydrogen-bond acceptors (Lipinski definition) is 4. The van der Waals surface area contributed by atoms with Crippen molar-refractivity contribution in [2.24, 2.45) is 0 Å². The van der Waals surface area contributed by atoms with E-state index in [1.807, 2.05) is 30.3 Å². The maximum atomic E-state index is 13.3. The molecule has 0 amide bonds. The van der Waals surface area contributed by atoms with Crippen LogP contribution in [-0.2, 0) is 11.6 Å². The van der Waals surface area contributed by atoms with Crippen molar-refractivity contribution in [2.75, 3.05) is 11.9 Å². The maximum absolute atomic E-state index is 13.3. The number of alkyl halides is 3. The highest BCUT2D eigenvalue weighted by atomic mass is 79.9. The molecule has 2 N–H and O–H groups in total. The van der Waals surface area contributed by atoms with Gasteiger partial charge in [-0.3, -0.25) is 0 Å². The zero-order valence-electron chi connectivity index (χ0n) is 14.7. The Morgan fingerprint density at radius 2 is 2.00 bits per heavy atom. The maximum Gasteiger partial charge on any atom is 0.433 e. The molecule has 2 heterocycles. The highest BCUT2D eigenvalue weighted by molar-refractivity contribution is 9.10. The lowest BCUT2D eigenvalue weighted by molar-refractivity contribution is -0.141. The van der Waals surface area contributed by atoms with Crippen molar-refractivity contribution < 1.29 is 18.3 Å². The lowest BCUT2D eigenvalue weighted by atomic mass is 9.78. The SMILES string of the molecule is O[C@H]1CC[C@](CNc2cc(C(F)(F)F)nc3cc(Br)nn23)(c2ccccc2)C1. The van der Waals surface area contributed by atoms with E-state index in [2.05, 4.69) is 31.3 Å². The van der Waals surface area contributed by atoms with Crippen LogP contribution in [0.2, 0.25) is 0 Å². The number of hydrogen-bond donors (Lipinski definition) is 2. The topological polar surface area (TPSA) is 62.5 Å². The van der Waals surface area contributed by atoms with Crippen molar-refractivity contribution in [3.8, 4) is 0 Å². The molecule has 1 aliphatic carbocycles. The van der Waals surface area contributed by atoms with Crippen LogP contribution >= 0.6 is 15.9 Å². The summed E-state index contributed by atoms with van der Waals surface area (Å²) in [5.74, 6) is 0.208. The normalized spacial score (nSPS) is 22.7. The van der Waals surface area contributed by atoms with E-state index < -0.39 is 18.0 Å². The van der Waals surface area contributed by atoms with Gasteiger partial charge in [0.25, 0.3) is 0 Å². The van der Waals surface area contributed by atoms with Crippen molar-refractivity contribution in [3.05, 3.63) is 58.3 Å². The molecule has 1 aliphatic rings. The van der Waals surface area contributed by atoms with Gasteiger partial charge < -0.3 is 10.4 Å². The summed E-state index contributed by atoms with van der Waals surface area (Å²) in [6.45, 7) is 0.377. The lowest BCUT2D eigenvalue weighted by Crippen LogP contribution is -2.33. The van der Waals surface area contributed by atoms with E-state index in [0.29, 0.717) is 24.0 Å². The van der Waals surface area contributed by atoms with Crippen LogP contribution in [0.3, 0.4) is 0 Å². The monoisotopic (exact) mass is 454 g/mol. The summed E-state index contributed by atoms with van der Waals surface area (Å²) in [4.78, 5) is 3.66. The van der Waals surface area contributed by atoms with Crippen molar-refractivity contribution in [2.45, 2.75) is 37.0 Å². The molecule has 9 heteroatoms. The molecule has 0 aliphatic heterocycles. The fourth-order valence-electron chi connectivity index (χ4n) is 3.89. The summed E-state index contributed by atoms with van der Waals surface area (Å²) >= 11 is 3.19. The number of aromatic nitrogens is 3. The second-order valence-electron chi connectivity index (χ2n) is 7.16.